The number of hydrogen-bond acceptors (Lipinski definition) is 8. The average molecular weight is 590 g/mol. The van der Waals surface area contributed by atoms with Gasteiger partial charge in [-0.1, -0.05) is 30.8 Å². The van der Waals surface area contributed by atoms with Crippen LogP contribution in [-0.2, 0) is 19.2 Å². The van der Waals surface area contributed by atoms with Gasteiger partial charge in [0.25, 0.3) is 17.7 Å². The monoisotopic (exact) mass is 589 g/mol. The normalized spacial score (nSPS) is 17.0. The first-order chi connectivity index (χ1) is 20.5. The number of anilines is 1. The molecule has 43 heavy (non-hydrogen) atoms. The highest BCUT2D eigenvalue weighted by Gasteiger charge is 2.45. The molecule has 0 spiro atoms. The van der Waals surface area contributed by atoms with Gasteiger partial charge in [0.2, 0.25) is 17.7 Å². The number of amides is 6. The van der Waals surface area contributed by atoms with Gasteiger partial charge in [0.15, 0.2) is 5.83 Å². The Morgan fingerprint density at radius 1 is 1.16 bits per heavy atom. The minimum Gasteiger partial charge on any atom is -0.461 e. The number of para-hydroxylation sites is 1. The van der Waals surface area contributed by atoms with Gasteiger partial charge in [-0.15, -0.1) is 0 Å². The summed E-state index contributed by atoms with van der Waals surface area (Å²) in [5.74, 6) is -5.03. The first-order valence-electron chi connectivity index (χ1n) is 13.5. The summed E-state index contributed by atoms with van der Waals surface area (Å²) in [5, 5.41) is 8.37. The summed E-state index contributed by atoms with van der Waals surface area (Å²) in [6.45, 7) is 4.56. The quantitative estimate of drug-likeness (QED) is 0.254. The number of furan rings is 1. The second kappa shape index (κ2) is 11.5. The minimum absolute atomic E-state index is 0.00587. The molecule has 0 saturated carbocycles. The summed E-state index contributed by atoms with van der Waals surface area (Å²) in [6.07, 6.45) is -0.0116. The summed E-state index contributed by atoms with van der Waals surface area (Å²) in [4.78, 5) is 78.6. The number of carbonyl (C=O) groups excluding carboxylic acids is 6. The third-order valence-corrected chi connectivity index (χ3v) is 7.43. The van der Waals surface area contributed by atoms with E-state index in [2.05, 4.69) is 22.5 Å². The lowest BCUT2D eigenvalue weighted by Gasteiger charge is -2.30. The predicted octanol–water partition coefficient (Wildman–Crippen LogP) is 2.35. The number of hydrogen-bond donors (Lipinski definition) is 3. The molecule has 3 N–H and O–H groups in total. The van der Waals surface area contributed by atoms with Gasteiger partial charge < -0.3 is 20.0 Å². The number of nitrogens with zero attached hydrogens (tertiary/aromatic N) is 2. The lowest BCUT2D eigenvalue weighted by atomic mass is 10.0. The van der Waals surface area contributed by atoms with Gasteiger partial charge in [-0.3, -0.25) is 39.0 Å². The summed E-state index contributed by atoms with van der Waals surface area (Å²) >= 11 is 0. The summed E-state index contributed by atoms with van der Waals surface area (Å²) < 4.78 is 20.1. The number of nitrogens with one attached hydrogen (secondary N) is 3. The largest absolute Gasteiger partial charge is 0.461 e. The Balaban J connectivity index is 1.42. The molecule has 0 radical (unpaired) electrons. The van der Waals surface area contributed by atoms with Crippen molar-refractivity contribution in [2.45, 2.75) is 31.8 Å². The molecule has 2 atom stereocenters. The number of aryl methyl sites for hydroxylation is 1. The van der Waals surface area contributed by atoms with Crippen molar-refractivity contribution < 1.29 is 37.6 Å². The van der Waals surface area contributed by atoms with Gasteiger partial charge >= 0.3 is 0 Å². The van der Waals surface area contributed by atoms with Crippen LogP contribution >= 0.6 is 0 Å². The van der Waals surface area contributed by atoms with E-state index in [0.717, 1.165) is 9.80 Å². The lowest BCUT2D eigenvalue weighted by Crippen LogP contribution is -2.54. The summed E-state index contributed by atoms with van der Waals surface area (Å²) in [6, 6.07) is 8.95. The molecule has 222 valence electrons. The molecule has 12 nitrogen and oxygen atoms in total. The van der Waals surface area contributed by atoms with Crippen LogP contribution < -0.4 is 16.0 Å². The molecule has 2 aliphatic rings. The van der Waals surface area contributed by atoms with Crippen molar-refractivity contribution in [2.24, 2.45) is 0 Å². The van der Waals surface area contributed by atoms with Crippen LogP contribution in [0.4, 0.5) is 10.1 Å². The molecule has 0 bridgehead atoms. The Bertz CT molecular complexity index is 1710. The van der Waals surface area contributed by atoms with Crippen molar-refractivity contribution in [3.8, 4) is 0 Å². The SMILES string of the molecule is C=C(F)C(=O)N(CCNc1cccc2c1C(=O)N(C1CCC(=O)NC1=O)C2=O)C(C(=O)NC)c1cccc2cc(C)oc12. The molecule has 1 saturated heterocycles. The molecule has 13 heteroatoms. The van der Waals surface area contributed by atoms with Crippen LogP contribution in [0.15, 0.2) is 59.3 Å². The Hall–Kier alpha value is -5.33. The van der Waals surface area contributed by atoms with Crippen LogP contribution in [0.1, 0.15) is 50.9 Å². The second-order valence-electron chi connectivity index (χ2n) is 10.1. The van der Waals surface area contributed by atoms with Crippen LogP contribution in [-0.4, -0.2) is 71.4 Å². The number of benzene rings is 2. The van der Waals surface area contributed by atoms with E-state index >= 15 is 0 Å². The maximum atomic E-state index is 14.3. The number of imide groups is 2. The number of piperidine rings is 1. The van der Waals surface area contributed by atoms with Crippen LogP contribution in [0, 0.1) is 6.92 Å². The maximum absolute atomic E-state index is 14.3. The highest BCUT2D eigenvalue weighted by Crippen LogP contribution is 2.34. The highest BCUT2D eigenvalue weighted by molar-refractivity contribution is 6.25. The molecule has 5 rings (SSSR count). The molecule has 0 aliphatic carbocycles. The smallest absolute Gasteiger partial charge is 0.282 e. The lowest BCUT2D eigenvalue weighted by molar-refractivity contribution is -0.138. The van der Waals surface area contributed by atoms with Crippen LogP contribution in [0.3, 0.4) is 0 Å². The summed E-state index contributed by atoms with van der Waals surface area (Å²) in [7, 11) is 1.39. The average Bonchev–Trinajstić information content (AvgIpc) is 3.48. The zero-order valence-electron chi connectivity index (χ0n) is 23.4. The third kappa shape index (κ3) is 5.25. The molecule has 1 fully saturated rings. The van der Waals surface area contributed by atoms with Crippen LogP contribution in [0.25, 0.3) is 11.0 Å². The van der Waals surface area contributed by atoms with E-state index in [4.69, 9.17) is 4.42 Å². The molecule has 1 aromatic heterocycles. The first kappa shape index (κ1) is 29.2. The van der Waals surface area contributed by atoms with E-state index in [0.29, 0.717) is 22.3 Å². The van der Waals surface area contributed by atoms with Crippen LogP contribution in [0.2, 0.25) is 0 Å². The first-order valence-corrected chi connectivity index (χ1v) is 13.5. The standard InChI is InChI=1S/C30H28FN5O7/c1-15-14-17-6-4-8-19(25(17)43-15)24(27(39)32-3)35(28(40)16(2)31)13-12-33-20-9-5-7-18-23(20)30(42)36(29(18)41)21-10-11-22(37)34-26(21)38/h4-9,14,21,24,33H,2,10-13H2,1,3H3,(H,32,39)(H,34,37,38). The van der Waals surface area contributed by atoms with Crippen molar-refractivity contribution in [1.82, 2.24) is 20.4 Å². The van der Waals surface area contributed by atoms with Gasteiger partial charge in [-0.2, -0.15) is 0 Å². The van der Waals surface area contributed by atoms with E-state index in [1.54, 1.807) is 43.3 Å². The topological polar surface area (TPSA) is 158 Å². The second-order valence-corrected chi connectivity index (χ2v) is 10.1. The van der Waals surface area contributed by atoms with E-state index in [1.165, 1.54) is 13.1 Å². The van der Waals surface area contributed by atoms with Gasteiger partial charge in [-0.25, -0.2) is 4.39 Å². The maximum Gasteiger partial charge on any atom is 0.282 e. The number of carbonyl (C=O) groups is 6. The fourth-order valence-corrected chi connectivity index (χ4v) is 5.49. The molecule has 2 aliphatic heterocycles. The number of fused-ring (bicyclic) bond motifs is 2. The zero-order chi connectivity index (χ0) is 31.0. The molecular weight excluding hydrogens is 561 g/mol. The fraction of sp³-hybridized carbons (Fsp3) is 0.267. The van der Waals surface area contributed by atoms with E-state index in [9.17, 15) is 33.2 Å². The molecule has 3 aromatic rings. The minimum atomic E-state index is -1.30. The van der Waals surface area contributed by atoms with Gasteiger partial charge in [-0.05, 0) is 31.5 Å². The predicted molar refractivity (Wildman–Crippen MR) is 151 cm³/mol. The Morgan fingerprint density at radius 3 is 2.60 bits per heavy atom. The fourth-order valence-electron chi connectivity index (χ4n) is 5.49. The van der Waals surface area contributed by atoms with E-state index in [-0.39, 0.29) is 42.7 Å². The van der Waals surface area contributed by atoms with Gasteiger partial charge in [0.1, 0.15) is 23.4 Å². The number of likely N-dealkylation sites (N-methyl/N-ethyl adjacent to an activating group) is 1. The molecule has 6 amide bonds. The number of rotatable bonds is 9. The molecule has 2 unspecified atom stereocenters. The van der Waals surface area contributed by atoms with Gasteiger partial charge in [0.05, 0.1) is 11.1 Å². The van der Waals surface area contributed by atoms with Crippen molar-refractivity contribution in [3.05, 3.63) is 77.3 Å². The molecule has 2 aromatic carbocycles. The Labute approximate surface area is 244 Å². The van der Waals surface area contributed by atoms with Gasteiger partial charge in [0, 0.05) is 43.2 Å². The molecular formula is C30H28FN5O7. The Morgan fingerprint density at radius 2 is 1.91 bits per heavy atom. The van der Waals surface area contributed by atoms with E-state index in [1.807, 2.05) is 0 Å². The van der Waals surface area contributed by atoms with Crippen molar-refractivity contribution in [2.75, 3.05) is 25.5 Å². The summed E-state index contributed by atoms with van der Waals surface area (Å²) in [5.41, 5.74) is 1.01. The molecule has 3 heterocycles. The van der Waals surface area contributed by atoms with Crippen molar-refractivity contribution >= 4 is 52.1 Å². The third-order valence-electron chi connectivity index (χ3n) is 7.43. The highest BCUT2D eigenvalue weighted by atomic mass is 19.1. The van der Waals surface area contributed by atoms with Crippen LogP contribution in [0.5, 0.6) is 0 Å². The number of halogens is 1. The zero-order valence-corrected chi connectivity index (χ0v) is 23.4. The Kier molecular flexibility index (Phi) is 7.81. The van der Waals surface area contributed by atoms with Crippen molar-refractivity contribution in [1.29, 1.82) is 0 Å². The van der Waals surface area contributed by atoms with E-state index < -0.39 is 53.4 Å². The van der Waals surface area contributed by atoms with Crippen molar-refractivity contribution in [3.63, 3.8) is 0 Å².